The van der Waals surface area contributed by atoms with Gasteiger partial charge in [-0.2, -0.15) is 0 Å². The number of carbonyl (C=O) groups excluding carboxylic acids is 1. The van der Waals surface area contributed by atoms with E-state index in [9.17, 15) is 4.79 Å². The smallest absolute Gasteiger partial charge is 0.410 e. The van der Waals surface area contributed by atoms with E-state index in [-0.39, 0.29) is 18.2 Å². The molecule has 1 saturated heterocycles. The first-order valence-corrected chi connectivity index (χ1v) is 6.39. The van der Waals surface area contributed by atoms with Crippen molar-refractivity contribution in [1.29, 1.82) is 0 Å². The van der Waals surface area contributed by atoms with Crippen LogP contribution in [0.25, 0.3) is 0 Å². The fourth-order valence-electron chi connectivity index (χ4n) is 2.19. The summed E-state index contributed by atoms with van der Waals surface area (Å²) in [6, 6.07) is 9.98. The second-order valence-corrected chi connectivity index (χ2v) is 4.88. The topological polar surface area (TPSA) is 55.6 Å². The predicted octanol–water partition coefficient (Wildman–Crippen LogP) is 2.13. The van der Waals surface area contributed by atoms with Crippen molar-refractivity contribution in [3.63, 3.8) is 0 Å². The van der Waals surface area contributed by atoms with Gasteiger partial charge in [0.2, 0.25) is 0 Å². The van der Waals surface area contributed by atoms with Crippen molar-refractivity contribution in [3.8, 4) is 0 Å². The third-order valence-electron chi connectivity index (χ3n) is 3.36. The van der Waals surface area contributed by atoms with Gasteiger partial charge in [0, 0.05) is 18.6 Å². The average molecular weight is 248 g/mol. The summed E-state index contributed by atoms with van der Waals surface area (Å²) in [6.45, 7) is 2.95. The summed E-state index contributed by atoms with van der Waals surface area (Å²) in [6.07, 6.45) is 1.66. The molecular weight excluding hydrogens is 228 g/mol. The van der Waals surface area contributed by atoms with Crippen LogP contribution in [-0.4, -0.2) is 29.6 Å². The van der Waals surface area contributed by atoms with E-state index in [1.165, 1.54) is 0 Å². The molecule has 0 aliphatic carbocycles. The predicted molar refractivity (Wildman–Crippen MR) is 70.0 cm³/mol. The lowest BCUT2D eigenvalue weighted by molar-refractivity contribution is 0.0680. The molecule has 0 saturated carbocycles. The number of benzene rings is 1. The van der Waals surface area contributed by atoms with E-state index in [2.05, 4.69) is 0 Å². The molecule has 2 N–H and O–H groups in total. The van der Waals surface area contributed by atoms with Crippen LogP contribution in [0.2, 0.25) is 0 Å². The van der Waals surface area contributed by atoms with Gasteiger partial charge < -0.3 is 15.4 Å². The fraction of sp³-hybridized carbons (Fsp3) is 0.500. The molecule has 1 aromatic rings. The molecule has 2 rings (SSSR count). The molecule has 18 heavy (non-hydrogen) atoms. The van der Waals surface area contributed by atoms with Crippen LogP contribution in [0.3, 0.4) is 0 Å². The first-order valence-electron chi connectivity index (χ1n) is 6.39. The summed E-state index contributed by atoms with van der Waals surface area (Å²) >= 11 is 0. The van der Waals surface area contributed by atoms with E-state index in [4.69, 9.17) is 10.5 Å². The molecule has 0 radical (unpaired) electrons. The molecule has 1 aliphatic heterocycles. The van der Waals surface area contributed by atoms with Gasteiger partial charge in [-0.05, 0) is 25.3 Å². The highest BCUT2D eigenvalue weighted by molar-refractivity contribution is 5.68. The number of amides is 1. The molecule has 0 bridgehead atoms. The summed E-state index contributed by atoms with van der Waals surface area (Å²) in [5, 5.41) is 0. The molecule has 0 unspecified atom stereocenters. The van der Waals surface area contributed by atoms with Gasteiger partial charge in [-0.3, -0.25) is 0 Å². The Balaban J connectivity index is 1.87. The van der Waals surface area contributed by atoms with E-state index in [1.807, 2.05) is 37.3 Å². The molecule has 98 valence electrons. The summed E-state index contributed by atoms with van der Waals surface area (Å²) in [5.74, 6) is 0. The maximum atomic E-state index is 12.0. The second-order valence-electron chi connectivity index (χ2n) is 4.88. The zero-order valence-electron chi connectivity index (χ0n) is 10.7. The van der Waals surface area contributed by atoms with Gasteiger partial charge in [0.15, 0.2) is 0 Å². The summed E-state index contributed by atoms with van der Waals surface area (Å²) < 4.78 is 5.32. The van der Waals surface area contributed by atoms with Crippen molar-refractivity contribution >= 4 is 6.09 Å². The first kappa shape index (κ1) is 12.9. The monoisotopic (exact) mass is 248 g/mol. The average Bonchev–Trinajstić information content (AvgIpc) is 2.40. The number of rotatable bonds is 2. The Morgan fingerprint density at radius 3 is 2.83 bits per heavy atom. The van der Waals surface area contributed by atoms with Gasteiger partial charge in [0.1, 0.15) is 6.61 Å². The molecule has 2 atom stereocenters. The van der Waals surface area contributed by atoms with Crippen LogP contribution in [0.5, 0.6) is 0 Å². The highest BCUT2D eigenvalue weighted by Gasteiger charge is 2.28. The Bertz CT molecular complexity index is 394. The minimum absolute atomic E-state index is 0.0745. The maximum absolute atomic E-state index is 12.0. The normalized spacial score (nSPS) is 23.8. The summed E-state index contributed by atoms with van der Waals surface area (Å²) in [7, 11) is 0. The molecule has 1 aromatic carbocycles. The summed E-state index contributed by atoms with van der Waals surface area (Å²) in [4.78, 5) is 13.7. The van der Waals surface area contributed by atoms with Crippen LogP contribution in [-0.2, 0) is 11.3 Å². The second kappa shape index (κ2) is 5.87. The van der Waals surface area contributed by atoms with Crippen LogP contribution in [0.4, 0.5) is 4.79 Å². The van der Waals surface area contributed by atoms with Gasteiger partial charge in [0.05, 0.1) is 0 Å². The summed E-state index contributed by atoms with van der Waals surface area (Å²) in [5.41, 5.74) is 6.88. The Labute approximate surface area is 108 Å². The first-order chi connectivity index (χ1) is 8.66. The van der Waals surface area contributed by atoms with Crippen molar-refractivity contribution < 1.29 is 9.53 Å². The minimum Gasteiger partial charge on any atom is -0.445 e. The standard InChI is InChI=1S/C14H20N2O2/c1-11-7-8-13(15)9-16(11)14(17)18-10-12-5-3-2-4-6-12/h2-6,11,13H,7-10,15H2,1H3/t11-,13-/m1/s1. The Morgan fingerprint density at radius 2 is 2.11 bits per heavy atom. The number of nitrogens with zero attached hydrogens (tertiary/aromatic N) is 1. The van der Waals surface area contributed by atoms with Crippen LogP contribution < -0.4 is 5.73 Å². The van der Waals surface area contributed by atoms with Gasteiger partial charge in [0.25, 0.3) is 0 Å². The van der Waals surface area contributed by atoms with Crippen molar-refractivity contribution in [1.82, 2.24) is 4.90 Å². The van der Waals surface area contributed by atoms with Crippen molar-refractivity contribution in [3.05, 3.63) is 35.9 Å². The lowest BCUT2D eigenvalue weighted by Gasteiger charge is -2.35. The van der Waals surface area contributed by atoms with Gasteiger partial charge in [-0.25, -0.2) is 4.79 Å². The number of likely N-dealkylation sites (tertiary alicyclic amines) is 1. The third kappa shape index (κ3) is 3.23. The fourth-order valence-corrected chi connectivity index (χ4v) is 2.19. The van der Waals surface area contributed by atoms with Crippen molar-refractivity contribution in [2.75, 3.05) is 6.54 Å². The van der Waals surface area contributed by atoms with Crippen LogP contribution in [0.15, 0.2) is 30.3 Å². The SMILES string of the molecule is C[C@@H]1CC[C@@H](N)CN1C(=O)OCc1ccccc1. The molecule has 4 heteroatoms. The molecule has 1 fully saturated rings. The van der Waals surface area contributed by atoms with E-state index >= 15 is 0 Å². The van der Waals surface area contributed by atoms with Crippen LogP contribution in [0, 0.1) is 0 Å². The highest BCUT2D eigenvalue weighted by Crippen LogP contribution is 2.17. The zero-order valence-corrected chi connectivity index (χ0v) is 10.7. The third-order valence-corrected chi connectivity index (χ3v) is 3.36. The van der Waals surface area contributed by atoms with Crippen LogP contribution >= 0.6 is 0 Å². The largest absolute Gasteiger partial charge is 0.445 e. The van der Waals surface area contributed by atoms with Gasteiger partial charge >= 0.3 is 6.09 Å². The minimum atomic E-state index is -0.262. The number of nitrogens with two attached hydrogens (primary N) is 1. The van der Waals surface area contributed by atoms with E-state index < -0.39 is 0 Å². The van der Waals surface area contributed by atoms with Gasteiger partial charge in [-0.1, -0.05) is 30.3 Å². The molecule has 1 amide bonds. The Morgan fingerprint density at radius 1 is 1.39 bits per heavy atom. The van der Waals surface area contributed by atoms with Gasteiger partial charge in [-0.15, -0.1) is 0 Å². The Kier molecular flexibility index (Phi) is 4.20. The van der Waals surface area contributed by atoms with Crippen LogP contribution in [0.1, 0.15) is 25.3 Å². The number of hydrogen-bond donors (Lipinski definition) is 1. The van der Waals surface area contributed by atoms with Crippen molar-refractivity contribution in [2.24, 2.45) is 5.73 Å². The molecule has 1 aliphatic rings. The number of ether oxygens (including phenoxy) is 1. The number of carbonyl (C=O) groups is 1. The highest BCUT2D eigenvalue weighted by atomic mass is 16.6. The van der Waals surface area contributed by atoms with E-state index in [0.29, 0.717) is 13.2 Å². The number of piperidine rings is 1. The molecule has 0 aromatic heterocycles. The molecular formula is C14H20N2O2. The number of hydrogen-bond acceptors (Lipinski definition) is 3. The lowest BCUT2D eigenvalue weighted by Crippen LogP contribution is -2.50. The molecule has 0 spiro atoms. The Hall–Kier alpha value is -1.55. The quantitative estimate of drug-likeness (QED) is 0.872. The van der Waals surface area contributed by atoms with Crippen molar-refractivity contribution in [2.45, 2.75) is 38.5 Å². The van der Waals surface area contributed by atoms with E-state index in [1.54, 1.807) is 4.90 Å². The lowest BCUT2D eigenvalue weighted by atomic mass is 10.0. The molecule has 1 heterocycles. The zero-order chi connectivity index (χ0) is 13.0. The van der Waals surface area contributed by atoms with E-state index in [0.717, 1.165) is 18.4 Å². The molecule has 4 nitrogen and oxygen atoms in total. The maximum Gasteiger partial charge on any atom is 0.410 e.